The van der Waals surface area contributed by atoms with Gasteiger partial charge in [-0.15, -0.1) is 0 Å². The summed E-state index contributed by atoms with van der Waals surface area (Å²) >= 11 is 2.89. The SMILES string of the molecule is O=C(O)Cc1c(Br)cc(F)cc1[N+](=O)[O-]. The van der Waals surface area contributed by atoms with Crippen LogP contribution in [0.1, 0.15) is 5.56 Å². The normalized spacial score (nSPS) is 10.0. The maximum Gasteiger partial charge on any atom is 0.308 e. The van der Waals surface area contributed by atoms with E-state index in [1.165, 1.54) is 0 Å². The summed E-state index contributed by atoms with van der Waals surface area (Å²) in [6.07, 6.45) is -0.531. The Hall–Kier alpha value is -1.50. The molecule has 15 heavy (non-hydrogen) atoms. The molecule has 0 aromatic heterocycles. The van der Waals surface area contributed by atoms with Crippen LogP contribution >= 0.6 is 15.9 Å². The fourth-order valence-corrected chi connectivity index (χ4v) is 1.64. The number of nitro benzene ring substituents is 1. The van der Waals surface area contributed by atoms with Gasteiger partial charge in [0.25, 0.3) is 5.69 Å². The molecule has 0 radical (unpaired) electrons. The molecule has 0 heterocycles. The van der Waals surface area contributed by atoms with Gasteiger partial charge in [0, 0.05) is 4.47 Å². The second-order valence-electron chi connectivity index (χ2n) is 2.71. The highest BCUT2D eigenvalue weighted by Crippen LogP contribution is 2.28. The number of nitrogens with zero attached hydrogens (tertiary/aromatic N) is 1. The standard InChI is InChI=1S/C8H5BrFNO4/c9-6-1-4(10)2-7(11(14)15)5(6)3-8(12)13/h1-2H,3H2,(H,12,13). The van der Waals surface area contributed by atoms with Crippen LogP contribution < -0.4 is 0 Å². The molecule has 0 aliphatic rings. The van der Waals surface area contributed by atoms with Gasteiger partial charge in [0.1, 0.15) is 5.82 Å². The summed E-state index contributed by atoms with van der Waals surface area (Å²) < 4.78 is 12.9. The van der Waals surface area contributed by atoms with Crippen molar-refractivity contribution >= 4 is 27.6 Å². The fraction of sp³-hybridized carbons (Fsp3) is 0.125. The first kappa shape index (κ1) is 11.6. The van der Waals surface area contributed by atoms with Gasteiger partial charge in [-0.1, -0.05) is 15.9 Å². The third-order valence-electron chi connectivity index (χ3n) is 1.66. The van der Waals surface area contributed by atoms with Crippen molar-refractivity contribution in [3.8, 4) is 0 Å². The molecule has 0 saturated heterocycles. The van der Waals surface area contributed by atoms with Gasteiger partial charge in [-0.05, 0) is 6.07 Å². The smallest absolute Gasteiger partial charge is 0.308 e. The van der Waals surface area contributed by atoms with Crippen LogP contribution in [0.3, 0.4) is 0 Å². The van der Waals surface area contributed by atoms with E-state index < -0.39 is 28.8 Å². The molecule has 0 fully saturated rings. The Morgan fingerprint density at radius 3 is 2.67 bits per heavy atom. The van der Waals surface area contributed by atoms with Crippen LogP contribution in [0.2, 0.25) is 0 Å². The monoisotopic (exact) mass is 277 g/mol. The average molecular weight is 278 g/mol. The Morgan fingerprint density at radius 2 is 2.20 bits per heavy atom. The number of aliphatic carboxylic acids is 1. The Morgan fingerprint density at radius 1 is 1.60 bits per heavy atom. The maximum atomic E-state index is 12.8. The number of carbonyl (C=O) groups is 1. The molecule has 1 aromatic rings. The lowest BCUT2D eigenvalue weighted by Gasteiger charge is -2.03. The van der Waals surface area contributed by atoms with Gasteiger partial charge < -0.3 is 5.11 Å². The van der Waals surface area contributed by atoms with Gasteiger partial charge in [-0.2, -0.15) is 0 Å². The van der Waals surface area contributed by atoms with Gasteiger partial charge in [0.05, 0.1) is 23.0 Å². The van der Waals surface area contributed by atoms with Crippen molar-refractivity contribution in [3.05, 3.63) is 38.1 Å². The largest absolute Gasteiger partial charge is 0.481 e. The first-order valence-corrected chi connectivity index (χ1v) is 4.55. The van der Waals surface area contributed by atoms with Crippen molar-refractivity contribution in [2.45, 2.75) is 6.42 Å². The minimum absolute atomic E-state index is 0.0473. The van der Waals surface area contributed by atoms with Crippen molar-refractivity contribution in [1.82, 2.24) is 0 Å². The summed E-state index contributed by atoms with van der Waals surface area (Å²) in [6.45, 7) is 0. The molecule has 0 aliphatic carbocycles. The van der Waals surface area contributed by atoms with E-state index in [0.717, 1.165) is 6.07 Å². The lowest BCUT2D eigenvalue weighted by atomic mass is 10.1. The molecule has 0 atom stereocenters. The highest BCUT2D eigenvalue weighted by molar-refractivity contribution is 9.10. The first-order chi connectivity index (χ1) is 6.91. The molecule has 0 saturated carbocycles. The third kappa shape index (κ3) is 2.72. The Bertz CT molecular complexity index is 435. The average Bonchev–Trinajstić information content (AvgIpc) is 2.08. The summed E-state index contributed by atoms with van der Waals surface area (Å²) in [7, 11) is 0. The Balaban J connectivity index is 3.33. The second-order valence-corrected chi connectivity index (χ2v) is 3.57. The van der Waals surface area contributed by atoms with Crippen LogP contribution in [-0.2, 0) is 11.2 Å². The second kappa shape index (κ2) is 4.35. The summed E-state index contributed by atoms with van der Waals surface area (Å²) in [4.78, 5) is 20.2. The number of carboxylic acids is 1. The number of nitro groups is 1. The van der Waals surface area contributed by atoms with Crippen LogP contribution in [0.4, 0.5) is 10.1 Å². The van der Waals surface area contributed by atoms with Crippen molar-refractivity contribution in [3.63, 3.8) is 0 Å². The maximum absolute atomic E-state index is 12.8. The lowest BCUT2D eigenvalue weighted by molar-refractivity contribution is -0.385. The third-order valence-corrected chi connectivity index (χ3v) is 2.37. The molecule has 1 N–H and O–H groups in total. The minimum atomic E-state index is -1.22. The summed E-state index contributed by atoms with van der Waals surface area (Å²) in [5.74, 6) is -2.01. The number of hydrogen-bond acceptors (Lipinski definition) is 3. The van der Waals surface area contributed by atoms with Gasteiger partial charge in [0.2, 0.25) is 0 Å². The zero-order valence-corrected chi connectivity index (χ0v) is 8.82. The topological polar surface area (TPSA) is 80.4 Å². The van der Waals surface area contributed by atoms with E-state index in [2.05, 4.69) is 15.9 Å². The first-order valence-electron chi connectivity index (χ1n) is 3.76. The highest BCUT2D eigenvalue weighted by atomic mass is 79.9. The minimum Gasteiger partial charge on any atom is -0.481 e. The van der Waals surface area contributed by atoms with Crippen LogP contribution in [0.25, 0.3) is 0 Å². The highest BCUT2D eigenvalue weighted by Gasteiger charge is 2.20. The number of carboxylic acid groups (broad SMARTS) is 1. The van der Waals surface area contributed by atoms with E-state index in [1.54, 1.807) is 0 Å². The molecule has 1 rings (SSSR count). The number of hydrogen-bond donors (Lipinski definition) is 1. The van der Waals surface area contributed by atoms with E-state index in [1.807, 2.05) is 0 Å². The fourth-order valence-electron chi connectivity index (χ4n) is 1.08. The number of halogens is 2. The molecule has 0 bridgehead atoms. The van der Waals surface area contributed by atoms with Crippen molar-refractivity contribution in [2.24, 2.45) is 0 Å². The molecule has 0 aliphatic heterocycles. The predicted molar refractivity (Wildman–Crippen MR) is 52.1 cm³/mol. The molecule has 0 spiro atoms. The number of benzene rings is 1. The van der Waals surface area contributed by atoms with Gasteiger partial charge in [-0.25, -0.2) is 4.39 Å². The van der Waals surface area contributed by atoms with Crippen LogP contribution in [0, 0.1) is 15.9 Å². The van der Waals surface area contributed by atoms with E-state index in [0.29, 0.717) is 6.07 Å². The van der Waals surface area contributed by atoms with Gasteiger partial charge in [-0.3, -0.25) is 14.9 Å². The zero-order chi connectivity index (χ0) is 11.6. The molecule has 1 aromatic carbocycles. The van der Waals surface area contributed by atoms with E-state index in [9.17, 15) is 19.3 Å². The van der Waals surface area contributed by atoms with Crippen LogP contribution in [0.15, 0.2) is 16.6 Å². The zero-order valence-electron chi connectivity index (χ0n) is 7.24. The molecular formula is C8H5BrFNO4. The van der Waals surface area contributed by atoms with E-state index in [-0.39, 0.29) is 10.0 Å². The van der Waals surface area contributed by atoms with Gasteiger partial charge >= 0.3 is 5.97 Å². The van der Waals surface area contributed by atoms with Crippen LogP contribution in [-0.4, -0.2) is 16.0 Å². The molecule has 0 unspecified atom stereocenters. The van der Waals surface area contributed by atoms with E-state index >= 15 is 0 Å². The predicted octanol–water partition coefficient (Wildman–Crippen LogP) is 2.12. The summed E-state index contributed by atoms with van der Waals surface area (Å²) in [5.41, 5.74) is -0.585. The Kier molecular flexibility index (Phi) is 3.35. The quantitative estimate of drug-likeness (QED) is 0.678. The van der Waals surface area contributed by atoms with Crippen molar-refractivity contribution < 1.29 is 19.2 Å². The lowest BCUT2D eigenvalue weighted by Crippen LogP contribution is -2.05. The van der Waals surface area contributed by atoms with Crippen molar-refractivity contribution in [2.75, 3.05) is 0 Å². The summed E-state index contributed by atoms with van der Waals surface area (Å²) in [6, 6.07) is 1.69. The molecular weight excluding hydrogens is 273 g/mol. The molecule has 7 heteroatoms. The molecule has 80 valence electrons. The van der Waals surface area contributed by atoms with Crippen molar-refractivity contribution in [1.29, 1.82) is 0 Å². The summed E-state index contributed by atoms with van der Waals surface area (Å²) in [5, 5.41) is 19.1. The van der Waals surface area contributed by atoms with Crippen LogP contribution in [0.5, 0.6) is 0 Å². The Labute approximate surface area is 91.8 Å². The van der Waals surface area contributed by atoms with E-state index in [4.69, 9.17) is 5.11 Å². The molecule has 5 nitrogen and oxygen atoms in total. The van der Waals surface area contributed by atoms with Gasteiger partial charge in [0.15, 0.2) is 0 Å². The number of rotatable bonds is 3. The molecule has 0 amide bonds.